The monoisotopic (exact) mass is 401 g/mol. The summed E-state index contributed by atoms with van der Waals surface area (Å²) in [4.78, 5) is 1.75. The predicted molar refractivity (Wildman–Crippen MR) is 109 cm³/mol. The Morgan fingerprint density at radius 1 is 1.04 bits per heavy atom. The third kappa shape index (κ3) is 4.46. The Balaban J connectivity index is 1.59. The van der Waals surface area contributed by atoms with E-state index >= 15 is 0 Å². The SMILES string of the molecule is Cc1ccc([C@@H](C[NH+]2CCOCC2)NS(=O)(=O)c2ccc3c(c2)CCC3)cc1. The van der Waals surface area contributed by atoms with E-state index < -0.39 is 10.0 Å². The van der Waals surface area contributed by atoms with Gasteiger partial charge in [0, 0.05) is 0 Å². The molecule has 4 rings (SSSR count). The van der Waals surface area contributed by atoms with Gasteiger partial charge in [-0.25, -0.2) is 8.42 Å². The Hall–Kier alpha value is -1.73. The van der Waals surface area contributed by atoms with Crippen molar-refractivity contribution in [2.24, 2.45) is 0 Å². The molecule has 2 aromatic rings. The second kappa shape index (κ2) is 8.33. The van der Waals surface area contributed by atoms with Crippen molar-refractivity contribution in [2.75, 3.05) is 32.8 Å². The highest BCUT2D eigenvalue weighted by Crippen LogP contribution is 2.25. The van der Waals surface area contributed by atoms with Crippen LogP contribution in [0.3, 0.4) is 0 Å². The van der Waals surface area contributed by atoms with Gasteiger partial charge in [-0.3, -0.25) is 0 Å². The summed E-state index contributed by atoms with van der Waals surface area (Å²) in [5.74, 6) is 0. The summed E-state index contributed by atoms with van der Waals surface area (Å²) >= 11 is 0. The first kappa shape index (κ1) is 19.6. The number of fused-ring (bicyclic) bond motifs is 1. The molecule has 2 aromatic carbocycles. The number of quaternary nitrogens is 1. The van der Waals surface area contributed by atoms with Crippen molar-refractivity contribution in [3.63, 3.8) is 0 Å². The van der Waals surface area contributed by atoms with Gasteiger partial charge in [-0.15, -0.1) is 0 Å². The van der Waals surface area contributed by atoms with Crippen LogP contribution in [0.4, 0.5) is 0 Å². The summed E-state index contributed by atoms with van der Waals surface area (Å²) in [7, 11) is -3.58. The summed E-state index contributed by atoms with van der Waals surface area (Å²) in [6, 6.07) is 13.5. The van der Waals surface area contributed by atoms with E-state index in [-0.39, 0.29) is 6.04 Å². The number of benzene rings is 2. The minimum Gasteiger partial charge on any atom is -0.370 e. The lowest BCUT2D eigenvalue weighted by Gasteiger charge is -2.28. The molecule has 0 spiro atoms. The van der Waals surface area contributed by atoms with E-state index in [0.717, 1.165) is 57.7 Å². The Bertz CT molecular complexity index is 919. The Morgan fingerprint density at radius 2 is 1.75 bits per heavy atom. The van der Waals surface area contributed by atoms with Crippen LogP contribution in [0, 0.1) is 6.92 Å². The average molecular weight is 402 g/mol. The molecule has 6 heteroatoms. The smallest absolute Gasteiger partial charge is 0.241 e. The zero-order chi connectivity index (χ0) is 19.6. The number of hydrogen-bond donors (Lipinski definition) is 2. The van der Waals surface area contributed by atoms with E-state index in [1.165, 1.54) is 21.6 Å². The standard InChI is InChI=1S/C22H28N2O3S/c1-17-5-7-19(8-6-17)22(16-24-11-13-27-14-12-24)23-28(25,26)21-10-9-18-3-2-4-20(18)15-21/h5-10,15,22-23H,2-4,11-14,16H2,1H3/p+1/t22-/m1/s1. The summed E-state index contributed by atoms with van der Waals surface area (Å²) in [6.07, 6.45) is 3.13. The number of nitrogens with one attached hydrogen (secondary N) is 2. The van der Waals surface area contributed by atoms with E-state index in [4.69, 9.17) is 4.74 Å². The van der Waals surface area contributed by atoms with E-state index in [0.29, 0.717) is 4.90 Å². The lowest BCUT2D eigenvalue weighted by atomic mass is 10.1. The number of sulfonamides is 1. The maximum absolute atomic E-state index is 13.2. The van der Waals surface area contributed by atoms with Crippen molar-refractivity contribution in [1.29, 1.82) is 0 Å². The first-order valence-corrected chi connectivity index (χ1v) is 11.6. The molecule has 0 aromatic heterocycles. The fraction of sp³-hybridized carbons (Fsp3) is 0.455. The molecule has 1 aliphatic carbocycles. The molecule has 1 saturated heterocycles. The molecule has 1 fully saturated rings. The number of rotatable bonds is 6. The molecule has 0 amide bonds. The Labute approximate surface area is 167 Å². The zero-order valence-corrected chi connectivity index (χ0v) is 17.2. The van der Waals surface area contributed by atoms with Crippen molar-refractivity contribution in [1.82, 2.24) is 4.72 Å². The maximum atomic E-state index is 13.2. The van der Waals surface area contributed by atoms with E-state index in [1.54, 1.807) is 6.07 Å². The van der Waals surface area contributed by atoms with Crippen LogP contribution < -0.4 is 9.62 Å². The van der Waals surface area contributed by atoms with E-state index in [9.17, 15) is 8.42 Å². The molecule has 5 nitrogen and oxygen atoms in total. The minimum atomic E-state index is -3.58. The predicted octanol–water partition coefficient (Wildman–Crippen LogP) is 1.42. The van der Waals surface area contributed by atoms with Crippen molar-refractivity contribution in [3.8, 4) is 0 Å². The average Bonchev–Trinajstić information content (AvgIpc) is 3.17. The fourth-order valence-corrected chi connectivity index (χ4v) is 5.42. The van der Waals surface area contributed by atoms with Gasteiger partial charge in [-0.1, -0.05) is 35.9 Å². The van der Waals surface area contributed by atoms with Crippen molar-refractivity contribution in [2.45, 2.75) is 37.1 Å². The van der Waals surface area contributed by atoms with Crippen LogP contribution in [0.15, 0.2) is 47.4 Å². The van der Waals surface area contributed by atoms with Crippen LogP contribution in [-0.4, -0.2) is 41.3 Å². The zero-order valence-electron chi connectivity index (χ0n) is 16.4. The molecule has 1 aliphatic heterocycles. The van der Waals surface area contributed by atoms with Crippen molar-refractivity contribution >= 4 is 10.0 Å². The normalized spacial score (nSPS) is 18.8. The minimum absolute atomic E-state index is 0.257. The topological polar surface area (TPSA) is 59.8 Å². The number of ether oxygens (including phenoxy) is 1. The molecule has 150 valence electrons. The van der Waals surface area contributed by atoms with Crippen LogP contribution >= 0.6 is 0 Å². The van der Waals surface area contributed by atoms with Gasteiger partial charge in [-0.2, -0.15) is 4.72 Å². The van der Waals surface area contributed by atoms with Gasteiger partial charge >= 0.3 is 0 Å². The second-order valence-corrected chi connectivity index (χ2v) is 9.65. The fourth-order valence-electron chi connectivity index (χ4n) is 4.15. The number of aryl methyl sites for hydroxylation is 3. The first-order valence-electron chi connectivity index (χ1n) is 10.1. The number of hydrogen-bond acceptors (Lipinski definition) is 3. The van der Waals surface area contributed by atoms with Gasteiger partial charge < -0.3 is 9.64 Å². The van der Waals surface area contributed by atoms with Gasteiger partial charge in [-0.05, 0) is 55.0 Å². The summed E-state index contributed by atoms with van der Waals surface area (Å²) in [5, 5.41) is 0. The van der Waals surface area contributed by atoms with Gasteiger partial charge in [0.2, 0.25) is 10.0 Å². The second-order valence-electron chi connectivity index (χ2n) is 7.94. The van der Waals surface area contributed by atoms with Crippen LogP contribution in [0.1, 0.15) is 34.7 Å². The summed E-state index contributed by atoms with van der Waals surface area (Å²) in [6.45, 7) is 6.03. The quantitative estimate of drug-likeness (QED) is 0.770. The van der Waals surface area contributed by atoms with Crippen LogP contribution in [0.5, 0.6) is 0 Å². The molecule has 28 heavy (non-hydrogen) atoms. The Kier molecular flexibility index (Phi) is 5.83. The molecule has 0 radical (unpaired) electrons. The molecule has 1 atom stereocenters. The van der Waals surface area contributed by atoms with E-state index in [1.807, 2.05) is 43.3 Å². The largest absolute Gasteiger partial charge is 0.370 e. The third-order valence-electron chi connectivity index (χ3n) is 5.85. The lowest BCUT2D eigenvalue weighted by molar-refractivity contribution is -0.909. The lowest BCUT2D eigenvalue weighted by Crippen LogP contribution is -3.14. The van der Waals surface area contributed by atoms with Gasteiger partial charge in [0.25, 0.3) is 0 Å². The Morgan fingerprint density at radius 3 is 2.50 bits per heavy atom. The highest BCUT2D eigenvalue weighted by atomic mass is 32.2. The van der Waals surface area contributed by atoms with E-state index in [2.05, 4.69) is 4.72 Å². The van der Waals surface area contributed by atoms with Crippen LogP contribution in [0.2, 0.25) is 0 Å². The maximum Gasteiger partial charge on any atom is 0.241 e. The molecule has 1 heterocycles. The number of morpholine rings is 1. The van der Waals surface area contributed by atoms with Crippen LogP contribution in [0.25, 0.3) is 0 Å². The third-order valence-corrected chi connectivity index (χ3v) is 7.32. The van der Waals surface area contributed by atoms with Crippen molar-refractivity contribution < 1.29 is 18.1 Å². The first-order chi connectivity index (χ1) is 13.5. The van der Waals surface area contributed by atoms with Crippen molar-refractivity contribution in [3.05, 3.63) is 64.7 Å². The molecule has 0 bridgehead atoms. The van der Waals surface area contributed by atoms with Crippen LogP contribution in [-0.2, 0) is 27.6 Å². The van der Waals surface area contributed by atoms with Gasteiger partial charge in [0.05, 0.1) is 30.7 Å². The van der Waals surface area contributed by atoms with Gasteiger partial charge in [0.1, 0.15) is 13.1 Å². The molecule has 0 saturated carbocycles. The molecular formula is C22H29N2O3S+. The summed E-state index contributed by atoms with van der Waals surface area (Å²) < 4.78 is 34.8. The highest BCUT2D eigenvalue weighted by Gasteiger charge is 2.27. The molecule has 0 unspecified atom stereocenters. The summed E-state index contributed by atoms with van der Waals surface area (Å²) in [5.41, 5.74) is 4.64. The molecule has 2 N–H and O–H groups in total. The molecular weight excluding hydrogens is 372 g/mol. The van der Waals surface area contributed by atoms with Gasteiger partial charge in [0.15, 0.2) is 0 Å². The molecule has 2 aliphatic rings. The highest BCUT2D eigenvalue weighted by molar-refractivity contribution is 7.89.